The molecule has 0 spiro atoms. The van der Waals surface area contributed by atoms with Crippen molar-refractivity contribution in [1.29, 1.82) is 0 Å². The molecule has 2 aliphatic rings. The molecule has 1 aliphatic heterocycles. The Labute approximate surface area is 97.0 Å². The van der Waals surface area contributed by atoms with E-state index in [0.717, 1.165) is 24.7 Å². The van der Waals surface area contributed by atoms with Crippen molar-refractivity contribution in [2.24, 2.45) is 5.92 Å². The molecule has 0 saturated heterocycles. The number of rotatable bonds is 1. The molecule has 0 radical (unpaired) electrons. The summed E-state index contributed by atoms with van der Waals surface area (Å²) in [5, 5.41) is 0. The summed E-state index contributed by atoms with van der Waals surface area (Å²) >= 11 is 0. The lowest BCUT2D eigenvalue weighted by Gasteiger charge is -2.24. The zero-order valence-corrected chi connectivity index (χ0v) is 10.1. The van der Waals surface area contributed by atoms with E-state index in [-0.39, 0.29) is 0 Å². The number of hydrogen-bond acceptors (Lipinski definition) is 2. The van der Waals surface area contributed by atoms with E-state index < -0.39 is 0 Å². The molecular weight excluding hydrogens is 198 g/mol. The van der Waals surface area contributed by atoms with Crippen LogP contribution in [0.1, 0.15) is 56.5 Å². The van der Waals surface area contributed by atoms with Crippen LogP contribution in [-0.2, 0) is 13.0 Å². The van der Waals surface area contributed by atoms with Gasteiger partial charge in [-0.1, -0.05) is 19.8 Å². The highest BCUT2D eigenvalue weighted by atomic mass is 15.1. The van der Waals surface area contributed by atoms with Crippen LogP contribution >= 0.6 is 0 Å². The van der Waals surface area contributed by atoms with Crippen molar-refractivity contribution in [1.82, 2.24) is 9.55 Å². The van der Waals surface area contributed by atoms with Gasteiger partial charge in [0.1, 0.15) is 11.6 Å². The second-order valence-electron chi connectivity index (χ2n) is 5.54. The summed E-state index contributed by atoms with van der Waals surface area (Å²) < 4.78 is 2.43. The maximum absolute atomic E-state index is 6.04. The number of nitrogens with zero attached hydrogens (tertiary/aromatic N) is 2. The summed E-state index contributed by atoms with van der Waals surface area (Å²) in [6.45, 7) is 3.46. The maximum Gasteiger partial charge on any atom is 0.145 e. The van der Waals surface area contributed by atoms with E-state index in [9.17, 15) is 0 Å². The molecule has 2 heterocycles. The summed E-state index contributed by atoms with van der Waals surface area (Å²) in [6.07, 6.45) is 7.73. The van der Waals surface area contributed by atoms with Crippen LogP contribution in [0.2, 0.25) is 0 Å². The third kappa shape index (κ3) is 1.53. The second kappa shape index (κ2) is 3.79. The van der Waals surface area contributed by atoms with E-state index in [2.05, 4.69) is 16.5 Å². The van der Waals surface area contributed by atoms with Gasteiger partial charge in [-0.05, 0) is 31.6 Å². The lowest BCUT2D eigenvalue weighted by molar-refractivity contribution is 0.384. The summed E-state index contributed by atoms with van der Waals surface area (Å²) in [5.41, 5.74) is 7.35. The Balaban J connectivity index is 1.98. The fourth-order valence-electron chi connectivity index (χ4n) is 3.27. The average Bonchev–Trinajstić information content (AvgIpc) is 2.86. The average molecular weight is 219 g/mol. The molecule has 0 aromatic carbocycles. The topological polar surface area (TPSA) is 43.8 Å². The Morgan fingerprint density at radius 2 is 2.00 bits per heavy atom. The van der Waals surface area contributed by atoms with Crippen molar-refractivity contribution >= 4 is 5.82 Å². The van der Waals surface area contributed by atoms with Crippen LogP contribution in [0.5, 0.6) is 0 Å². The van der Waals surface area contributed by atoms with Crippen LogP contribution in [0.15, 0.2) is 0 Å². The van der Waals surface area contributed by atoms with Crippen molar-refractivity contribution in [3.8, 4) is 0 Å². The van der Waals surface area contributed by atoms with Gasteiger partial charge < -0.3 is 10.3 Å². The van der Waals surface area contributed by atoms with Crippen LogP contribution < -0.4 is 5.73 Å². The predicted octanol–water partition coefficient (Wildman–Crippen LogP) is 2.71. The Kier molecular flexibility index (Phi) is 2.41. The predicted molar refractivity (Wildman–Crippen MR) is 65.3 cm³/mol. The van der Waals surface area contributed by atoms with E-state index in [1.54, 1.807) is 0 Å². The normalized spacial score (nSPS) is 25.9. The Morgan fingerprint density at radius 1 is 1.25 bits per heavy atom. The number of hydrogen-bond donors (Lipinski definition) is 1. The van der Waals surface area contributed by atoms with Crippen molar-refractivity contribution in [2.45, 2.75) is 57.9 Å². The number of aromatic nitrogens is 2. The van der Waals surface area contributed by atoms with Crippen molar-refractivity contribution in [3.63, 3.8) is 0 Å². The molecule has 3 heteroatoms. The zero-order chi connectivity index (χ0) is 11.1. The summed E-state index contributed by atoms with van der Waals surface area (Å²) in [4.78, 5) is 4.65. The number of imidazole rings is 1. The van der Waals surface area contributed by atoms with Crippen molar-refractivity contribution in [3.05, 3.63) is 11.5 Å². The van der Waals surface area contributed by atoms with Crippen molar-refractivity contribution in [2.75, 3.05) is 5.73 Å². The number of nitrogens with two attached hydrogens (primary N) is 1. The number of anilines is 1. The smallest absolute Gasteiger partial charge is 0.145 e. The van der Waals surface area contributed by atoms with Gasteiger partial charge in [-0.2, -0.15) is 0 Å². The largest absolute Gasteiger partial charge is 0.382 e. The van der Waals surface area contributed by atoms with Crippen LogP contribution in [0.4, 0.5) is 5.82 Å². The van der Waals surface area contributed by atoms with Gasteiger partial charge in [-0.25, -0.2) is 4.98 Å². The van der Waals surface area contributed by atoms with E-state index in [4.69, 9.17) is 5.73 Å². The molecule has 3 rings (SSSR count). The van der Waals surface area contributed by atoms with Crippen LogP contribution in [0.25, 0.3) is 0 Å². The highest BCUT2D eigenvalue weighted by molar-refractivity contribution is 5.39. The molecule has 1 aromatic heterocycles. The molecule has 0 amide bonds. The minimum atomic E-state index is 0.682. The van der Waals surface area contributed by atoms with E-state index in [1.165, 1.54) is 43.6 Å². The zero-order valence-electron chi connectivity index (χ0n) is 10.1. The molecule has 1 unspecified atom stereocenters. The molecule has 1 saturated carbocycles. The minimum Gasteiger partial charge on any atom is -0.382 e. The lowest BCUT2D eigenvalue weighted by atomic mass is 9.99. The van der Waals surface area contributed by atoms with Gasteiger partial charge >= 0.3 is 0 Å². The van der Waals surface area contributed by atoms with Gasteiger partial charge in [0.05, 0.1) is 5.69 Å². The molecule has 3 nitrogen and oxygen atoms in total. The summed E-state index contributed by atoms with van der Waals surface area (Å²) in [5.74, 6) is 3.55. The molecule has 0 bridgehead atoms. The maximum atomic E-state index is 6.04. The molecule has 2 N–H and O–H groups in total. The highest BCUT2D eigenvalue weighted by Gasteiger charge is 2.28. The first kappa shape index (κ1) is 10.2. The van der Waals surface area contributed by atoms with Gasteiger partial charge in [-0.3, -0.25) is 0 Å². The third-order valence-corrected chi connectivity index (χ3v) is 4.22. The number of nitrogen functional groups attached to an aromatic ring is 1. The van der Waals surface area contributed by atoms with Gasteiger partial charge in [0.15, 0.2) is 0 Å². The van der Waals surface area contributed by atoms with Crippen molar-refractivity contribution < 1.29 is 0 Å². The molecule has 1 aromatic rings. The molecule has 88 valence electrons. The number of fused-ring (bicyclic) bond motifs is 1. The van der Waals surface area contributed by atoms with Crippen LogP contribution in [0.3, 0.4) is 0 Å². The fourth-order valence-corrected chi connectivity index (χ4v) is 3.27. The molecular formula is C13H21N3. The minimum absolute atomic E-state index is 0.682. The first-order chi connectivity index (χ1) is 7.75. The molecule has 1 atom stereocenters. The van der Waals surface area contributed by atoms with E-state index in [1.807, 2.05) is 0 Å². The molecule has 1 fully saturated rings. The quantitative estimate of drug-likeness (QED) is 0.789. The monoisotopic (exact) mass is 219 g/mol. The summed E-state index contributed by atoms with van der Waals surface area (Å²) in [6, 6.07) is 0. The SMILES string of the molecule is CC1CCc2c(N)nc(C3CCCC3)n2C1. The van der Waals surface area contributed by atoms with Gasteiger partial charge in [-0.15, -0.1) is 0 Å². The first-order valence-electron chi connectivity index (χ1n) is 6.60. The Hall–Kier alpha value is -0.990. The fraction of sp³-hybridized carbons (Fsp3) is 0.769. The Morgan fingerprint density at radius 3 is 2.75 bits per heavy atom. The lowest BCUT2D eigenvalue weighted by Crippen LogP contribution is -2.20. The van der Waals surface area contributed by atoms with Crippen LogP contribution in [0, 0.1) is 5.92 Å². The van der Waals surface area contributed by atoms with Gasteiger partial charge in [0.25, 0.3) is 0 Å². The van der Waals surface area contributed by atoms with Crippen LogP contribution in [-0.4, -0.2) is 9.55 Å². The first-order valence-corrected chi connectivity index (χ1v) is 6.60. The van der Waals surface area contributed by atoms with E-state index in [0.29, 0.717) is 5.92 Å². The highest BCUT2D eigenvalue weighted by Crippen LogP contribution is 2.37. The summed E-state index contributed by atoms with van der Waals surface area (Å²) in [7, 11) is 0. The molecule has 1 aliphatic carbocycles. The standard InChI is InChI=1S/C13H21N3/c1-9-6-7-11-12(14)15-13(16(11)8-9)10-4-2-3-5-10/h9-10H,2-8,14H2,1H3. The third-order valence-electron chi connectivity index (χ3n) is 4.22. The van der Waals surface area contributed by atoms with E-state index >= 15 is 0 Å². The van der Waals surface area contributed by atoms with Gasteiger partial charge in [0.2, 0.25) is 0 Å². The second-order valence-corrected chi connectivity index (χ2v) is 5.54. The molecule has 16 heavy (non-hydrogen) atoms. The van der Waals surface area contributed by atoms with Gasteiger partial charge in [0, 0.05) is 12.5 Å². The Bertz CT molecular complexity index is 388.